The van der Waals surface area contributed by atoms with E-state index in [0.717, 1.165) is 0 Å². The number of aryl methyl sites for hydroxylation is 1. The zero-order valence-corrected chi connectivity index (χ0v) is 7.96. The molecule has 0 heteroatoms. The van der Waals surface area contributed by atoms with Crippen LogP contribution in [-0.2, 0) is 6.42 Å². The average molecular weight is 170 g/mol. The highest BCUT2D eigenvalue weighted by Gasteiger charge is 2.02. The molecule has 13 heavy (non-hydrogen) atoms. The van der Waals surface area contributed by atoms with Gasteiger partial charge >= 0.3 is 0 Å². The van der Waals surface area contributed by atoms with Crippen LogP contribution in [0.2, 0.25) is 0 Å². The number of fused-ring (bicyclic) bond motifs is 1. The predicted molar refractivity (Wildman–Crippen MR) is 57.1 cm³/mol. The van der Waals surface area contributed by atoms with E-state index in [0.29, 0.717) is 0 Å². The van der Waals surface area contributed by atoms with Gasteiger partial charge in [-0.25, -0.2) is 0 Å². The van der Waals surface area contributed by atoms with Crippen LogP contribution >= 0.6 is 0 Å². The molecular weight excluding hydrogens is 156 g/mol. The fourth-order valence-electron chi connectivity index (χ4n) is 1.71. The van der Waals surface area contributed by atoms with Crippen molar-refractivity contribution >= 4 is 0 Å². The Labute approximate surface area is 79.6 Å². The van der Waals surface area contributed by atoms with E-state index in [9.17, 15) is 0 Å². The van der Waals surface area contributed by atoms with Crippen molar-refractivity contribution in [3.8, 4) is 11.1 Å². The Morgan fingerprint density at radius 2 is 1.54 bits per heavy atom. The molecule has 0 fully saturated rings. The molecule has 0 N–H and O–H groups in total. The van der Waals surface area contributed by atoms with E-state index in [4.69, 9.17) is 0 Å². The molecule has 2 rings (SSSR count). The van der Waals surface area contributed by atoms with Crippen LogP contribution in [0.1, 0.15) is 18.9 Å². The lowest BCUT2D eigenvalue weighted by Gasteiger charge is -1.87. The summed E-state index contributed by atoms with van der Waals surface area (Å²) in [5.41, 5.74) is 4.17. The van der Waals surface area contributed by atoms with Crippen LogP contribution in [0, 0.1) is 0 Å². The van der Waals surface area contributed by atoms with Gasteiger partial charge in [0.15, 0.2) is 0 Å². The van der Waals surface area contributed by atoms with Crippen molar-refractivity contribution in [2.24, 2.45) is 0 Å². The zero-order valence-electron chi connectivity index (χ0n) is 7.96. The molecule has 0 spiro atoms. The number of hydrogen-bond donors (Lipinski definition) is 0. The van der Waals surface area contributed by atoms with Crippen LogP contribution in [0.25, 0.3) is 11.1 Å². The molecule has 0 saturated carbocycles. The molecule has 0 amide bonds. The van der Waals surface area contributed by atoms with E-state index in [-0.39, 0.29) is 0 Å². The summed E-state index contributed by atoms with van der Waals surface area (Å²) in [5.74, 6) is 0. The topological polar surface area (TPSA) is 0 Å². The van der Waals surface area contributed by atoms with E-state index >= 15 is 0 Å². The molecule has 0 aromatic rings. The lowest BCUT2D eigenvalue weighted by atomic mass is 10.2. The minimum absolute atomic E-state index is 1.19. The average Bonchev–Trinajstić information content (AvgIpc) is 2.37. The van der Waals surface area contributed by atoms with E-state index in [1.807, 2.05) is 0 Å². The van der Waals surface area contributed by atoms with Crippen LogP contribution in [0.15, 0.2) is 42.5 Å². The molecule has 0 aromatic carbocycles. The van der Waals surface area contributed by atoms with Gasteiger partial charge in [0.1, 0.15) is 0 Å². The summed E-state index contributed by atoms with van der Waals surface area (Å²) in [5, 5.41) is 0. The number of rotatable bonds is 2. The third-order valence-electron chi connectivity index (χ3n) is 2.33. The lowest BCUT2D eigenvalue weighted by Crippen LogP contribution is -1.74. The Hall–Kier alpha value is -1.30. The third-order valence-corrected chi connectivity index (χ3v) is 2.33. The first-order valence-electron chi connectivity index (χ1n) is 4.88. The third kappa shape index (κ3) is 1.72. The molecule has 0 aliphatic heterocycles. The molecule has 0 radical (unpaired) electrons. The van der Waals surface area contributed by atoms with Crippen molar-refractivity contribution in [3.05, 3.63) is 48.0 Å². The maximum atomic E-state index is 2.29. The summed E-state index contributed by atoms with van der Waals surface area (Å²) in [6, 6.07) is 15.2. The van der Waals surface area contributed by atoms with Gasteiger partial charge in [0.25, 0.3) is 0 Å². The first-order valence-corrected chi connectivity index (χ1v) is 4.88. The predicted octanol–water partition coefficient (Wildman–Crippen LogP) is 3.74. The normalized spacial score (nSPS) is 10.5. The SMILES string of the molecule is CCCc1cc2cccccc-2c1. The monoisotopic (exact) mass is 170 g/mol. The van der Waals surface area contributed by atoms with Gasteiger partial charge in [0.2, 0.25) is 0 Å². The fourth-order valence-corrected chi connectivity index (χ4v) is 1.71. The highest BCUT2D eigenvalue weighted by molar-refractivity contribution is 5.67. The van der Waals surface area contributed by atoms with Crippen molar-refractivity contribution in [3.63, 3.8) is 0 Å². The molecule has 0 saturated heterocycles. The van der Waals surface area contributed by atoms with Crippen LogP contribution in [0.3, 0.4) is 0 Å². The molecule has 0 heterocycles. The summed E-state index contributed by atoms with van der Waals surface area (Å²) in [6.45, 7) is 2.22. The highest BCUT2D eigenvalue weighted by Crippen LogP contribution is 2.25. The van der Waals surface area contributed by atoms with E-state index in [1.54, 1.807) is 0 Å². The first-order chi connectivity index (χ1) is 6.40. The van der Waals surface area contributed by atoms with Crippen LogP contribution in [0.5, 0.6) is 0 Å². The van der Waals surface area contributed by atoms with Crippen LogP contribution in [-0.4, -0.2) is 0 Å². The minimum atomic E-state index is 1.19. The molecule has 0 unspecified atom stereocenters. The van der Waals surface area contributed by atoms with Gasteiger partial charge in [-0.05, 0) is 23.1 Å². The van der Waals surface area contributed by atoms with Gasteiger partial charge in [-0.3, -0.25) is 0 Å². The molecule has 0 aromatic heterocycles. The quantitative estimate of drug-likeness (QED) is 0.644. The fraction of sp³-hybridized carbons (Fsp3) is 0.231. The maximum absolute atomic E-state index is 2.29. The molecule has 0 bridgehead atoms. The Morgan fingerprint density at radius 3 is 2.08 bits per heavy atom. The second-order valence-corrected chi connectivity index (χ2v) is 3.43. The van der Waals surface area contributed by atoms with E-state index in [1.165, 1.54) is 29.5 Å². The van der Waals surface area contributed by atoms with Gasteiger partial charge in [-0.1, -0.05) is 55.8 Å². The molecule has 0 nitrogen and oxygen atoms in total. The standard InChI is InChI=1S/C13H14/c1-2-6-11-9-12-7-4-3-5-8-13(12)10-11/h3-5,7-10H,2,6H2,1H3. The Balaban J connectivity index is 2.45. The first kappa shape index (κ1) is 8.31. The van der Waals surface area contributed by atoms with Gasteiger partial charge in [0, 0.05) is 0 Å². The van der Waals surface area contributed by atoms with Gasteiger partial charge in [0.05, 0.1) is 0 Å². The van der Waals surface area contributed by atoms with Crippen molar-refractivity contribution < 1.29 is 0 Å². The van der Waals surface area contributed by atoms with Crippen molar-refractivity contribution in [2.75, 3.05) is 0 Å². The van der Waals surface area contributed by atoms with Crippen molar-refractivity contribution in [1.29, 1.82) is 0 Å². The molecule has 2 aliphatic rings. The lowest BCUT2D eigenvalue weighted by molar-refractivity contribution is 0.926. The van der Waals surface area contributed by atoms with Gasteiger partial charge in [-0.15, -0.1) is 0 Å². The summed E-state index contributed by atoms with van der Waals surface area (Å²) in [6.07, 6.45) is 2.42. The van der Waals surface area contributed by atoms with Crippen LogP contribution in [0.4, 0.5) is 0 Å². The Bertz CT molecular complexity index is 332. The van der Waals surface area contributed by atoms with Gasteiger partial charge in [-0.2, -0.15) is 0 Å². The molecule has 2 aliphatic carbocycles. The Morgan fingerprint density at radius 1 is 0.923 bits per heavy atom. The smallest absolute Gasteiger partial charge is 0.0181 e. The summed E-state index contributed by atoms with van der Waals surface area (Å²) >= 11 is 0. The van der Waals surface area contributed by atoms with Crippen molar-refractivity contribution in [2.45, 2.75) is 19.8 Å². The summed E-state index contributed by atoms with van der Waals surface area (Å²) in [7, 11) is 0. The molecule has 0 atom stereocenters. The van der Waals surface area contributed by atoms with Crippen LogP contribution < -0.4 is 0 Å². The molecule has 66 valence electrons. The summed E-state index contributed by atoms with van der Waals surface area (Å²) < 4.78 is 0. The molecular formula is C13H14. The highest BCUT2D eigenvalue weighted by atomic mass is 14.1. The second kappa shape index (κ2) is 3.61. The van der Waals surface area contributed by atoms with Crippen molar-refractivity contribution in [1.82, 2.24) is 0 Å². The summed E-state index contributed by atoms with van der Waals surface area (Å²) in [4.78, 5) is 0. The van der Waals surface area contributed by atoms with Gasteiger partial charge < -0.3 is 0 Å². The largest absolute Gasteiger partial charge is 0.0651 e. The van der Waals surface area contributed by atoms with E-state index < -0.39 is 0 Å². The Kier molecular flexibility index (Phi) is 2.31. The van der Waals surface area contributed by atoms with E-state index in [2.05, 4.69) is 49.4 Å². The zero-order chi connectivity index (χ0) is 9.10. The second-order valence-electron chi connectivity index (χ2n) is 3.43. The number of hydrogen-bond acceptors (Lipinski definition) is 0. The maximum Gasteiger partial charge on any atom is -0.0181 e. The minimum Gasteiger partial charge on any atom is -0.0651 e.